The van der Waals surface area contributed by atoms with Crippen LogP contribution in [0.25, 0.3) is 11.8 Å². The summed E-state index contributed by atoms with van der Waals surface area (Å²) in [5, 5.41) is 0. The van der Waals surface area contributed by atoms with Gasteiger partial charge in [-0.2, -0.15) is 0 Å². The van der Waals surface area contributed by atoms with Gasteiger partial charge in [0.1, 0.15) is 11.5 Å². The van der Waals surface area contributed by atoms with Crippen LogP contribution in [0.15, 0.2) is 125 Å². The van der Waals surface area contributed by atoms with Crippen LogP contribution in [0, 0.1) is 0 Å². The smallest absolute Gasteiger partial charge is 0.343 e. The van der Waals surface area contributed by atoms with E-state index in [1.54, 1.807) is 73.2 Å². The van der Waals surface area contributed by atoms with Crippen LogP contribution in [-0.2, 0) is 9.53 Å². The minimum absolute atomic E-state index is 0.182. The molecule has 0 saturated heterocycles. The van der Waals surface area contributed by atoms with Gasteiger partial charge in [-0.05, 0) is 60.5 Å². The van der Waals surface area contributed by atoms with Crippen LogP contribution in [-0.4, -0.2) is 30.2 Å². The number of carbonyl (C=O) groups is 2. The highest BCUT2D eigenvalue weighted by atomic mass is 32.1. The van der Waals surface area contributed by atoms with Crippen LogP contribution in [0.3, 0.4) is 0 Å². The summed E-state index contributed by atoms with van der Waals surface area (Å²) in [5.74, 6) is -0.0102. The molecule has 0 aliphatic carbocycles. The average Bonchev–Trinajstić information content (AvgIpc) is 3.39. The lowest BCUT2D eigenvalue weighted by molar-refractivity contribution is -0.138. The number of aromatic nitrogens is 1. The minimum Gasteiger partial charge on any atom is -0.497 e. The topological polar surface area (TPSA) is 96.2 Å². The first-order valence-electron chi connectivity index (χ1n) is 14.3. The van der Waals surface area contributed by atoms with Crippen molar-refractivity contribution in [3.63, 3.8) is 0 Å². The number of nitrogens with zero attached hydrogens (tertiary/aromatic N) is 2. The molecule has 0 bridgehead atoms. The molecular formula is C36H28N2O6S. The third-order valence-corrected chi connectivity index (χ3v) is 8.19. The minimum atomic E-state index is -0.737. The van der Waals surface area contributed by atoms with Crippen molar-refractivity contribution < 1.29 is 23.8 Å². The van der Waals surface area contributed by atoms with Gasteiger partial charge in [0.2, 0.25) is 0 Å². The van der Waals surface area contributed by atoms with E-state index in [2.05, 4.69) is 0 Å². The van der Waals surface area contributed by atoms with E-state index in [1.807, 2.05) is 60.7 Å². The first-order valence-corrected chi connectivity index (χ1v) is 15.1. The number of esters is 2. The molecule has 2 heterocycles. The number of fused-ring (bicyclic) bond motifs is 1. The SMILES string of the molecule is CCOC(=O)C1=C(c2ccccc2)N=c2s/c(=C\c3ccc(OC(=O)c4ccc(OC)cc4)cc3)c(=O)n2[C@@H]1c1ccccc1. The molecule has 0 saturated carbocycles. The molecule has 8 nitrogen and oxygen atoms in total. The fourth-order valence-corrected chi connectivity index (χ4v) is 6.07. The highest BCUT2D eigenvalue weighted by molar-refractivity contribution is 7.07. The molecule has 0 amide bonds. The molecular weight excluding hydrogens is 588 g/mol. The van der Waals surface area contributed by atoms with Gasteiger partial charge in [-0.15, -0.1) is 0 Å². The summed E-state index contributed by atoms with van der Waals surface area (Å²) >= 11 is 1.24. The van der Waals surface area contributed by atoms with Gasteiger partial charge >= 0.3 is 11.9 Å². The van der Waals surface area contributed by atoms with Crippen molar-refractivity contribution in [2.45, 2.75) is 13.0 Å². The summed E-state index contributed by atoms with van der Waals surface area (Å²) in [5.41, 5.74) is 3.13. The lowest BCUT2D eigenvalue weighted by atomic mass is 9.93. The molecule has 6 rings (SSSR count). The summed E-state index contributed by atoms with van der Waals surface area (Å²) in [7, 11) is 1.56. The van der Waals surface area contributed by atoms with Gasteiger partial charge in [0.25, 0.3) is 5.56 Å². The van der Waals surface area contributed by atoms with Crippen LogP contribution in [0.1, 0.15) is 40.0 Å². The predicted octanol–water partition coefficient (Wildman–Crippen LogP) is 5.16. The molecule has 1 aromatic heterocycles. The Kier molecular flexibility index (Phi) is 8.52. The van der Waals surface area contributed by atoms with Crippen LogP contribution in [0.5, 0.6) is 11.5 Å². The Morgan fingerprint density at radius 2 is 1.49 bits per heavy atom. The first-order chi connectivity index (χ1) is 22.0. The Bertz CT molecular complexity index is 2060. The number of hydrogen-bond donors (Lipinski definition) is 0. The lowest BCUT2D eigenvalue weighted by Gasteiger charge is -2.25. The van der Waals surface area contributed by atoms with Gasteiger partial charge in [-0.1, -0.05) is 84.1 Å². The monoisotopic (exact) mass is 616 g/mol. The second-order valence-electron chi connectivity index (χ2n) is 10.0. The average molecular weight is 617 g/mol. The molecule has 5 aromatic rings. The number of rotatable bonds is 8. The molecule has 0 radical (unpaired) electrons. The van der Waals surface area contributed by atoms with Crippen LogP contribution >= 0.6 is 11.3 Å². The number of thiazole rings is 1. The number of hydrogen-bond acceptors (Lipinski definition) is 8. The Morgan fingerprint density at radius 3 is 2.13 bits per heavy atom. The Hall–Kier alpha value is -5.54. The largest absolute Gasteiger partial charge is 0.497 e. The molecule has 45 heavy (non-hydrogen) atoms. The standard InChI is InChI=1S/C36H28N2O6S/c1-3-43-35(41)30-31(24-10-6-4-7-11-24)37-36-38(32(30)25-12-8-5-9-13-25)33(39)29(45-36)22-23-14-18-28(19-15-23)44-34(40)26-16-20-27(42-2)21-17-26/h4-22,32H,3H2,1-2H3/b29-22-/t32-/m1/s1. The molecule has 224 valence electrons. The molecule has 4 aromatic carbocycles. The molecule has 0 N–H and O–H groups in total. The van der Waals surface area contributed by atoms with E-state index in [0.29, 0.717) is 37.7 Å². The van der Waals surface area contributed by atoms with Gasteiger partial charge in [0.15, 0.2) is 4.80 Å². The third-order valence-electron chi connectivity index (χ3n) is 7.20. The maximum Gasteiger partial charge on any atom is 0.343 e. The highest BCUT2D eigenvalue weighted by Crippen LogP contribution is 2.35. The Balaban J connectivity index is 1.40. The summed E-state index contributed by atoms with van der Waals surface area (Å²) < 4.78 is 18.2. The van der Waals surface area contributed by atoms with Crippen molar-refractivity contribution in [3.8, 4) is 11.5 Å². The van der Waals surface area contributed by atoms with Crippen molar-refractivity contribution >= 4 is 35.0 Å². The number of ether oxygens (including phenoxy) is 3. The van der Waals surface area contributed by atoms with Gasteiger partial charge in [0, 0.05) is 5.56 Å². The lowest BCUT2D eigenvalue weighted by Crippen LogP contribution is -2.39. The normalized spacial score (nSPS) is 14.4. The third kappa shape index (κ3) is 6.11. The molecule has 1 aliphatic heterocycles. The number of benzene rings is 4. The molecule has 1 aliphatic rings. The van der Waals surface area contributed by atoms with E-state index >= 15 is 0 Å². The summed E-state index contributed by atoms with van der Waals surface area (Å²) in [6.45, 7) is 1.93. The molecule has 0 unspecified atom stereocenters. The van der Waals surface area contributed by atoms with Gasteiger partial charge in [-0.25, -0.2) is 14.6 Å². The van der Waals surface area contributed by atoms with Gasteiger partial charge < -0.3 is 14.2 Å². The zero-order valence-electron chi connectivity index (χ0n) is 24.5. The molecule has 0 spiro atoms. The number of carbonyl (C=O) groups excluding carboxylic acids is 2. The maximum absolute atomic E-state index is 14.0. The van der Waals surface area contributed by atoms with Crippen LogP contribution in [0.4, 0.5) is 0 Å². The fourth-order valence-electron chi connectivity index (χ4n) is 5.07. The molecule has 0 fully saturated rings. The summed E-state index contributed by atoms with van der Waals surface area (Å²) in [6, 6.07) is 31.6. The van der Waals surface area contributed by atoms with Crippen molar-refractivity contribution in [2.24, 2.45) is 4.99 Å². The zero-order valence-corrected chi connectivity index (χ0v) is 25.3. The first kappa shape index (κ1) is 29.5. The highest BCUT2D eigenvalue weighted by Gasteiger charge is 2.35. The quantitative estimate of drug-likeness (QED) is 0.177. The van der Waals surface area contributed by atoms with Crippen LogP contribution in [0.2, 0.25) is 0 Å². The fraction of sp³-hybridized carbons (Fsp3) is 0.111. The van der Waals surface area contributed by atoms with Gasteiger partial charge in [0.05, 0.1) is 41.1 Å². The van der Waals surface area contributed by atoms with Crippen molar-refractivity contribution in [3.05, 3.63) is 157 Å². The van der Waals surface area contributed by atoms with E-state index in [1.165, 1.54) is 11.3 Å². The summed E-state index contributed by atoms with van der Waals surface area (Å²) in [6.07, 6.45) is 1.76. The number of methoxy groups -OCH3 is 1. The second kappa shape index (κ2) is 13.0. The van der Waals surface area contributed by atoms with E-state index < -0.39 is 18.0 Å². The van der Waals surface area contributed by atoms with E-state index in [9.17, 15) is 14.4 Å². The molecule has 1 atom stereocenters. The van der Waals surface area contributed by atoms with E-state index in [4.69, 9.17) is 19.2 Å². The van der Waals surface area contributed by atoms with Crippen molar-refractivity contribution in [1.29, 1.82) is 0 Å². The summed E-state index contributed by atoms with van der Waals surface area (Å²) in [4.78, 5) is 45.4. The van der Waals surface area contributed by atoms with E-state index in [-0.39, 0.29) is 12.2 Å². The zero-order chi connectivity index (χ0) is 31.3. The Morgan fingerprint density at radius 1 is 0.844 bits per heavy atom. The van der Waals surface area contributed by atoms with Gasteiger partial charge in [-0.3, -0.25) is 9.36 Å². The molecule has 9 heteroatoms. The van der Waals surface area contributed by atoms with Crippen molar-refractivity contribution in [2.75, 3.05) is 13.7 Å². The van der Waals surface area contributed by atoms with E-state index in [0.717, 1.165) is 16.7 Å². The van der Waals surface area contributed by atoms with Crippen molar-refractivity contribution in [1.82, 2.24) is 4.57 Å². The predicted molar refractivity (Wildman–Crippen MR) is 172 cm³/mol. The Labute approximate surface area is 262 Å². The van der Waals surface area contributed by atoms with Crippen LogP contribution < -0.4 is 24.4 Å². The maximum atomic E-state index is 14.0. The second-order valence-corrected chi connectivity index (χ2v) is 11.0.